The highest BCUT2D eigenvalue weighted by Gasteiger charge is 2.23. The van der Waals surface area contributed by atoms with Crippen LogP contribution in [0.3, 0.4) is 0 Å². The van der Waals surface area contributed by atoms with Crippen molar-refractivity contribution >= 4 is 18.2 Å². The van der Waals surface area contributed by atoms with Gasteiger partial charge in [-0.1, -0.05) is 13.3 Å². The number of ketones is 1. The Hall–Kier alpha value is -1.26. The zero-order chi connectivity index (χ0) is 13.1. The van der Waals surface area contributed by atoms with Crippen molar-refractivity contribution in [1.82, 2.24) is 4.90 Å². The average molecular weight is 286 g/mol. The van der Waals surface area contributed by atoms with E-state index in [-0.39, 0.29) is 31.0 Å². The van der Waals surface area contributed by atoms with Crippen LogP contribution in [0.1, 0.15) is 30.1 Å². The molecule has 0 aliphatic carbocycles. The number of likely N-dealkylation sites (N-methyl/N-ethyl adjacent to an activating group) is 1. The number of ether oxygens (including phenoxy) is 2. The first-order valence-corrected chi connectivity index (χ1v) is 6.23. The fourth-order valence-corrected chi connectivity index (χ4v) is 2.14. The molecule has 19 heavy (non-hydrogen) atoms. The summed E-state index contributed by atoms with van der Waals surface area (Å²) < 4.78 is 10.5. The quantitative estimate of drug-likeness (QED) is 0.780. The van der Waals surface area contributed by atoms with E-state index in [1.54, 1.807) is 12.1 Å². The summed E-state index contributed by atoms with van der Waals surface area (Å²) in [6.45, 7) is 2.32. The van der Waals surface area contributed by atoms with E-state index in [1.165, 1.54) is 0 Å². The van der Waals surface area contributed by atoms with Crippen molar-refractivity contribution in [2.75, 3.05) is 20.9 Å². The minimum atomic E-state index is -0.0737. The van der Waals surface area contributed by atoms with Crippen molar-refractivity contribution in [3.63, 3.8) is 0 Å². The summed E-state index contributed by atoms with van der Waals surface area (Å²) in [4.78, 5) is 14.4. The standard InChI is InChI=1S/C14H19NO3.ClH/c1-4-5-11(15(2)3)14(16)10-6-7-12-13(8-10)18-9-17-12;/h6-8,11H,4-5,9H2,1-3H3;1H. The largest absolute Gasteiger partial charge is 0.454 e. The van der Waals surface area contributed by atoms with Crippen molar-refractivity contribution < 1.29 is 14.3 Å². The Morgan fingerprint density at radius 3 is 2.63 bits per heavy atom. The maximum atomic E-state index is 12.4. The van der Waals surface area contributed by atoms with E-state index in [9.17, 15) is 4.79 Å². The van der Waals surface area contributed by atoms with Crippen LogP contribution in [0.2, 0.25) is 0 Å². The maximum absolute atomic E-state index is 12.4. The molecule has 1 unspecified atom stereocenters. The van der Waals surface area contributed by atoms with Gasteiger partial charge in [0.15, 0.2) is 17.3 Å². The highest BCUT2D eigenvalue weighted by atomic mass is 35.5. The van der Waals surface area contributed by atoms with E-state index in [4.69, 9.17) is 9.47 Å². The number of carbonyl (C=O) groups excluding carboxylic acids is 1. The average Bonchev–Trinajstić information content (AvgIpc) is 2.81. The minimum Gasteiger partial charge on any atom is -0.454 e. The third kappa shape index (κ3) is 3.39. The molecule has 0 fully saturated rings. The first-order valence-electron chi connectivity index (χ1n) is 6.23. The molecule has 0 saturated carbocycles. The lowest BCUT2D eigenvalue weighted by Gasteiger charge is -2.22. The number of hydrogen-bond acceptors (Lipinski definition) is 4. The van der Waals surface area contributed by atoms with Crippen LogP contribution in [0.5, 0.6) is 11.5 Å². The van der Waals surface area contributed by atoms with E-state index in [0.717, 1.165) is 12.8 Å². The zero-order valence-electron chi connectivity index (χ0n) is 11.5. The predicted octanol–water partition coefficient (Wildman–Crippen LogP) is 2.75. The van der Waals surface area contributed by atoms with Gasteiger partial charge in [-0.2, -0.15) is 0 Å². The molecule has 1 aromatic carbocycles. The maximum Gasteiger partial charge on any atom is 0.231 e. The molecule has 0 spiro atoms. The number of carbonyl (C=O) groups is 1. The molecular weight excluding hydrogens is 266 g/mol. The third-order valence-corrected chi connectivity index (χ3v) is 3.15. The van der Waals surface area contributed by atoms with Crippen LogP contribution in [-0.4, -0.2) is 37.6 Å². The number of halogens is 1. The van der Waals surface area contributed by atoms with Crippen LogP contribution in [0.25, 0.3) is 0 Å². The topological polar surface area (TPSA) is 38.8 Å². The van der Waals surface area contributed by atoms with Crippen LogP contribution in [-0.2, 0) is 0 Å². The Bertz CT molecular complexity index is 448. The first kappa shape index (κ1) is 15.8. The minimum absolute atomic E-state index is 0. The zero-order valence-corrected chi connectivity index (χ0v) is 12.3. The Kier molecular flexibility index (Phi) is 5.63. The summed E-state index contributed by atoms with van der Waals surface area (Å²) in [6.07, 6.45) is 1.85. The first-order chi connectivity index (χ1) is 8.63. The molecule has 0 N–H and O–H groups in total. The second-order valence-electron chi connectivity index (χ2n) is 4.70. The molecule has 0 amide bonds. The van der Waals surface area contributed by atoms with Crippen LogP contribution in [0.15, 0.2) is 18.2 Å². The molecular formula is C14H20ClNO3. The third-order valence-electron chi connectivity index (χ3n) is 3.15. The lowest BCUT2D eigenvalue weighted by Crippen LogP contribution is -2.35. The number of hydrogen-bond donors (Lipinski definition) is 0. The Balaban J connectivity index is 0.00000180. The fraction of sp³-hybridized carbons (Fsp3) is 0.500. The lowest BCUT2D eigenvalue weighted by molar-refractivity contribution is 0.0865. The second-order valence-corrected chi connectivity index (χ2v) is 4.70. The molecule has 1 atom stereocenters. The van der Waals surface area contributed by atoms with Gasteiger partial charge in [0.1, 0.15) is 0 Å². The molecule has 5 heteroatoms. The summed E-state index contributed by atoms with van der Waals surface area (Å²) in [5.41, 5.74) is 0.686. The SMILES string of the molecule is CCCC(C(=O)c1ccc2c(c1)OCO2)N(C)C.Cl. The molecule has 2 rings (SSSR count). The van der Waals surface area contributed by atoms with Gasteiger partial charge in [0, 0.05) is 5.56 Å². The number of benzene rings is 1. The van der Waals surface area contributed by atoms with Gasteiger partial charge in [-0.25, -0.2) is 0 Å². The number of nitrogens with zero attached hydrogens (tertiary/aromatic N) is 1. The van der Waals surface area contributed by atoms with E-state index in [2.05, 4.69) is 6.92 Å². The smallest absolute Gasteiger partial charge is 0.231 e. The normalized spacial score (nSPS) is 14.1. The highest BCUT2D eigenvalue weighted by molar-refractivity contribution is 6.00. The molecule has 0 aromatic heterocycles. The summed E-state index contributed by atoms with van der Waals surface area (Å²) in [6, 6.07) is 5.31. The van der Waals surface area contributed by atoms with Crippen molar-refractivity contribution in [2.24, 2.45) is 0 Å². The van der Waals surface area contributed by atoms with Crippen molar-refractivity contribution in [3.8, 4) is 11.5 Å². The van der Waals surface area contributed by atoms with Crippen LogP contribution in [0.4, 0.5) is 0 Å². The van der Waals surface area contributed by atoms with Gasteiger partial charge in [0.2, 0.25) is 6.79 Å². The van der Waals surface area contributed by atoms with Crippen molar-refractivity contribution in [2.45, 2.75) is 25.8 Å². The van der Waals surface area contributed by atoms with Gasteiger partial charge in [0.05, 0.1) is 6.04 Å². The Morgan fingerprint density at radius 1 is 1.32 bits per heavy atom. The predicted molar refractivity (Wildman–Crippen MR) is 76.5 cm³/mol. The lowest BCUT2D eigenvalue weighted by atomic mass is 9.99. The molecule has 4 nitrogen and oxygen atoms in total. The Labute approximate surface area is 120 Å². The van der Waals surface area contributed by atoms with Crippen LogP contribution in [0, 0.1) is 0 Å². The highest BCUT2D eigenvalue weighted by Crippen LogP contribution is 2.33. The number of rotatable bonds is 5. The van der Waals surface area contributed by atoms with Gasteiger partial charge in [0.25, 0.3) is 0 Å². The summed E-state index contributed by atoms with van der Waals surface area (Å²) in [7, 11) is 3.87. The number of fused-ring (bicyclic) bond motifs is 1. The molecule has 0 radical (unpaired) electrons. The van der Waals surface area contributed by atoms with E-state index < -0.39 is 0 Å². The fourth-order valence-electron chi connectivity index (χ4n) is 2.14. The molecule has 1 aliphatic heterocycles. The monoisotopic (exact) mass is 285 g/mol. The van der Waals surface area contributed by atoms with Gasteiger partial charge in [-0.05, 0) is 38.7 Å². The molecule has 1 aliphatic rings. The summed E-state index contributed by atoms with van der Waals surface area (Å²) >= 11 is 0. The molecule has 106 valence electrons. The second kappa shape index (κ2) is 6.78. The summed E-state index contributed by atoms with van der Waals surface area (Å²) in [5.74, 6) is 1.51. The van der Waals surface area contributed by atoms with Gasteiger partial charge in [-0.15, -0.1) is 12.4 Å². The summed E-state index contributed by atoms with van der Waals surface area (Å²) in [5, 5.41) is 0. The van der Waals surface area contributed by atoms with E-state index in [0.29, 0.717) is 17.1 Å². The van der Waals surface area contributed by atoms with E-state index in [1.807, 2.05) is 25.1 Å². The van der Waals surface area contributed by atoms with Gasteiger partial charge < -0.3 is 9.47 Å². The molecule has 1 heterocycles. The van der Waals surface area contributed by atoms with Gasteiger partial charge >= 0.3 is 0 Å². The molecule has 0 saturated heterocycles. The van der Waals surface area contributed by atoms with Crippen LogP contribution >= 0.6 is 12.4 Å². The van der Waals surface area contributed by atoms with E-state index >= 15 is 0 Å². The Morgan fingerprint density at radius 2 is 2.00 bits per heavy atom. The van der Waals surface area contributed by atoms with Crippen LogP contribution < -0.4 is 9.47 Å². The van der Waals surface area contributed by atoms with Crippen molar-refractivity contribution in [1.29, 1.82) is 0 Å². The molecule has 0 bridgehead atoms. The number of Topliss-reactive ketones (excluding diaryl/α,β-unsaturated/α-hetero) is 1. The van der Waals surface area contributed by atoms with Crippen molar-refractivity contribution in [3.05, 3.63) is 23.8 Å². The van der Waals surface area contributed by atoms with Gasteiger partial charge in [-0.3, -0.25) is 9.69 Å². The molecule has 1 aromatic rings.